The van der Waals surface area contributed by atoms with Crippen LogP contribution < -0.4 is 0 Å². The van der Waals surface area contributed by atoms with Gasteiger partial charge >= 0.3 is 5.97 Å². The number of carboxylic acids is 1. The summed E-state index contributed by atoms with van der Waals surface area (Å²) in [7, 11) is 0. The number of carbonyl (C=O) groups is 2. The van der Waals surface area contributed by atoms with E-state index in [2.05, 4.69) is 6.07 Å². The number of rotatable bonds is 3. The highest BCUT2D eigenvalue weighted by Crippen LogP contribution is 2.33. The van der Waals surface area contributed by atoms with E-state index < -0.39 is 11.4 Å². The number of fused-ring (bicyclic) bond motifs is 1. The van der Waals surface area contributed by atoms with Crippen LogP contribution in [0.4, 0.5) is 0 Å². The van der Waals surface area contributed by atoms with Crippen molar-refractivity contribution < 1.29 is 19.4 Å². The van der Waals surface area contributed by atoms with Crippen LogP contribution in [0.3, 0.4) is 0 Å². The fourth-order valence-corrected chi connectivity index (χ4v) is 3.56. The Kier molecular flexibility index (Phi) is 4.39. The number of aliphatic carboxylic acids is 1. The number of nitrogens with zero attached hydrogens (tertiary/aromatic N) is 1. The second kappa shape index (κ2) is 6.32. The molecule has 0 saturated carbocycles. The van der Waals surface area contributed by atoms with Crippen molar-refractivity contribution in [3.05, 3.63) is 35.4 Å². The lowest BCUT2D eigenvalue weighted by Gasteiger charge is -2.38. The van der Waals surface area contributed by atoms with Gasteiger partial charge in [0.2, 0.25) is 5.91 Å². The molecule has 0 spiro atoms. The Morgan fingerprint density at radius 2 is 2.17 bits per heavy atom. The predicted molar refractivity (Wildman–Crippen MR) is 85.0 cm³/mol. The lowest BCUT2D eigenvalue weighted by atomic mass is 9.82. The third kappa shape index (κ3) is 3.24. The zero-order valence-corrected chi connectivity index (χ0v) is 13.5. The van der Waals surface area contributed by atoms with Gasteiger partial charge in [-0.05, 0) is 37.3 Å². The summed E-state index contributed by atoms with van der Waals surface area (Å²) in [4.78, 5) is 25.8. The van der Waals surface area contributed by atoms with Crippen LogP contribution >= 0.6 is 0 Å². The maximum Gasteiger partial charge on any atom is 0.311 e. The van der Waals surface area contributed by atoms with Crippen LogP contribution in [-0.4, -0.2) is 41.6 Å². The second-order valence-corrected chi connectivity index (χ2v) is 6.80. The minimum absolute atomic E-state index is 0.0149. The van der Waals surface area contributed by atoms with E-state index in [-0.39, 0.29) is 25.0 Å². The third-order valence-electron chi connectivity index (χ3n) is 5.02. The highest BCUT2D eigenvalue weighted by atomic mass is 16.5. The molecule has 0 radical (unpaired) electrons. The zero-order valence-electron chi connectivity index (χ0n) is 13.5. The van der Waals surface area contributed by atoms with Crippen molar-refractivity contribution in [2.75, 3.05) is 19.7 Å². The number of ether oxygens (including phenoxy) is 1. The quantitative estimate of drug-likeness (QED) is 0.929. The lowest BCUT2D eigenvalue weighted by molar-refractivity contribution is -0.154. The molecule has 2 aliphatic rings. The second-order valence-electron chi connectivity index (χ2n) is 6.80. The van der Waals surface area contributed by atoms with E-state index in [1.54, 1.807) is 11.8 Å². The molecule has 3 rings (SSSR count). The normalized spacial score (nSPS) is 27.3. The van der Waals surface area contributed by atoms with E-state index in [9.17, 15) is 14.7 Å². The van der Waals surface area contributed by atoms with Gasteiger partial charge < -0.3 is 14.7 Å². The number of amides is 1. The van der Waals surface area contributed by atoms with Gasteiger partial charge in [-0.3, -0.25) is 9.59 Å². The van der Waals surface area contributed by atoms with E-state index in [1.807, 2.05) is 18.2 Å². The molecule has 0 aliphatic carbocycles. The van der Waals surface area contributed by atoms with Gasteiger partial charge in [0, 0.05) is 13.1 Å². The molecule has 124 valence electrons. The number of carboxylic acid groups (broad SMARTS) is 1. The van der Waals surface area contributed by atoms with Crippen LogP contribution in [0.1, 0.15) is 43.4 Å². The standard InChI is InChI=1S/C18H23NO4/c1-18(17(21)22)8-4-9-19(12-18)16(20)11-15-14-6-3-2-5-13(14)7-10-23-15/h2-3,5-6,15H,4,7-12H2,1H3,(H,21,22). The van der Waals surface area contributed by atoms with E-state index >= 15 is 0 Å². The molecule has 1 aromatic rings. The van der Waals surface area contributed by atoms with E-state index in [1.165, 1.54) is 5.56 Å². The number of hydrogen-bond donors (Lipinski definition) is 1. The highest BCUT2D eigenvalue weighted by molar-refractivity contribution is 5.80. The van der Waals surface area contributed by atoms with Gasteiger partial charge in [0.25, 0.3) is 0 Å². The van der Waals surface area contributed by atoms with E-state index in [4.69, 9.17) is 4.74 Å². The summed E-state index contributed by atoms with van der Waals surface area (Å²) in [5.74, 6) is -0.840. The SMILES string of the molecule is CC1(C(=O)O)CCCN(C(=O)CC2OCCc3ccccc32)C1. The summed E-state index contributed by atoms with van der Waals surface area (Å²) in [6.45, 7) is 3.27. The molecule has 0 aromatic heterocycles. The molecule has 2 unspecified atom stereocenters. The number of piperidine rings is 1. The van der Waals surface area contributed by atoms with Crippen molar-refractivity contribution in [2.45, 2.75) is 38.7 Å². The van der Waals surface area contributed by atoms with Crippen molar-refractivity contribution in [1.82, 2.24) is 4.90 Å². The first kappa shape index (κ1) is 16.0. The van der Waals surface area contributed by atoms with Gasteiger partial charge in [-0.25, -0.2) is 0 Å². The summed E-state index contributed by atoms with van der Waals surface area (Å²) < 4.78 is 5.80. The summed E-state index contributed by atoms with van der Waals surface area (Å²) in [5.41, 5.74) is 1.50. The smallest absolute Gasteiger partial charge is 0.311 e. The fraction of sp³-hybridized carbons (Fsp3) is 0.556. The van der Waals surface area contributed by atoms with Crippen LogP contribution in [0.2, 0.25) is 0 Å². The first-order valence-electron chi connectivity index (χ1n) is 8.20. The van der Waals surface area contributed by atoms with Crippen LogP contribution in [0, 0.1) is 5.41 Å². The molecule has 1 N–H and O–H groups in total. The first-order chi connectivity index (χ1) is 11.0. The summed E-state index contributed by atoms with van der Waals surface area (Å²) >= 11 is 0. The van der Waals surface area contributed by atoms with E-state index in [0.717, 1.165) is 18.4 Å². The van der Waals surface area contributed by atoms with Crippen LogP contribution in [0.25, 0.3) is 0 Å². The number of benzene rings is 1. The Morgan fingerprint density at radius 1 is 1.39 bits per heavy atom. The van der Waals surface area contributed by atoms with Gasteiger partial charge in [-0.2, -0.15) is 0 Å². The Morgan fingerprint density at radius 3 is 2.96 bits per heavy atom. The Labute approximate surface area is 136 Å². The Balaban J connectivity index is 1.69. The van der Waals surface area contributed by atoms with Gasteiger partial charge in [0.15, 0.2) is 0 Å². The van der Waals surface area contributed by atoms with Crippen molar-refractivity contribution in [3.8, 4) is 0 Å². The van der Waals surface area contributed by atoms with Crippen molar-refractivity contribution in [2.24, 2.45) is 5.41 Å². The largest absolute Gasteiger partial charge is 0.481 e. The minimum Gasteiger partial charge on any atom is -0.481 e. The van der Waals surface area contributed by atoms with Crippen LogP contribution in [-0.2, 0) is 20.7 Å². The predicted octanol–water partition coefficient (Wildman–Crippen LogP) is 2.40. The Hall–Kier alpha value is -1.88. The average molecular weight is 317 g/mol. The molecule has 2 atom stereocenters. The molecule has 1 fully saturated rings. The molecule has 5 heteroatoms. The maximum absolute atomic E-state index is 12.6. The number of likely N-dealkylation sites (tertiary alicyclic amines) is 1. The molecule has 1 saturated heterocycles. The highest BCUT2D eigenvalue weighted by Gasteiger charge is 2.39. The molecule has 2 heterocycles. The topological polar surface area (TPSA) is 66.8 Å². The van der Waals surface area contributed by atoms with Crippen molar-refractivity contribution in [1.29, 1.82) is 0 Å². The third-order valence-corrected chi connectivity index (χ3v) is 5.02. The Bertz CT molecular complexity index is 615. The fourth-order valence-electron chi connectivity index (χ4n) is 3.56. The lowest BCUT2D eigenvalue weighted by Crippen LogP contribution is -2.48. The van der Waals surface area contributed by atoms with Crippen molar-refractivity contribution >= 4 is 11.9 Å². The average Bonchev–Trinajstić information content (AvgIpc) is 2.55. The molecule has 23 heavy (non-hydrogen) atoms. The van der Waals surface area contributed by atoms with Gasteiger partial charge in [0.05, 0.1) is 24.5 Å². The summed E-state index contributed by atoms with van der Waals surface area (Å²) in [5, 5.41) is 9.39. The van der Waals surface area contributed by atoms with Gasteiger partial charge in [-0.1, -0.05) is 24.3 Å². The molecule has 0 bridgehead atoms. The first-order valence-corrected chi connectivity index (χ1v) is 8.20. The van der Waals surface area contributed by atoms with E-state index in [0.29, 0.717) is 19.6 Å². The monoisotopic (exact) mass is 317 g/mol. The molecule has 5 nitrogen and oxygen atoms in total. The van der Waals surface area contributed by atoms with Gasteiger partial charge in [-0.15, -0.1) is 0 Å². The molecular formula is C18H23NO4. The molecular weight excluding hydrogens is 294 g/mol. The molecule has 1 aromatic carbocycles. The number of carbonyl (C=O) groups excluding carboxylic acids is 1. The number of hydrogen-bond acceptors (Lipinski definition) is 3. The van der Waals surface area contributed by atoms with Gasteiger partial charge in [0.1, 0.15) is 0 Å². The van der Waals surface area contributed by atoms with Crippen LogP contribution in [0.5, 0.6) is 0 Å². The maximum atomic E-state index is 12.6. The zero-order chi connectivity index (χ0) is 16.4. The molecule has 2 aliphatic heterocycles. The van der Waals surface area contributed by atoms with Crippen LogP contribution in [0.15, 0.2) is 24.3 Å². The summed E-state index contributed by atoms with van der Waals surface area (Å²) in [6, 6.07) is 8.07. The molecule has 1 amide bonds. The summed E-state index contributed by atoms with van der Waals surface area (Å²) in [6.07, 6.45) is 2.30. The van der Waals surface area contributed by atoms with Crippen molar-refractivity contribution in [3.63, 3.8) is 0 Å². The minimum atomic E-state index is -0.834.